The molecule has 1 amide bonds. The Labute approximate surface area is 106 Å². The van der Waals surface area contributed by atoms with Gasteiger partial charge < -0.3 is 16.0 Å². The number of halogens is 1. The molecule has 0 aromatic heterocycles. The summed E-state index contributed by atoms with van der Waals surface area (Å²) in [5.74, 6) is -0.354. The molecule has 98 valence electrons. The van der Waals surface area contributed by atoms with Crippen LogP contribution in [-0.2, 0) is 11.3 Å². The minimum absolute atomic E-state index is 0.0247. The zero-order chi connectivity index (χ0) is 13.1. The third-order valence-corrected chi connectivity index (χ3v) is 3.02. The SMILES string of the molecule is CN(CC(=O)NC1CC1)c1ccc(CN)c(F)c1. The van der Waals surface area contributed by atoms with Gasteiger partial charge in [-0.3, -0.25) is 4.79 Å². The molecule has 1 aliphatic carbocycles. The van der Waals surface area contributed by atoms with E-state index in [1.807, 2.05) is 0 Å². The molecule has 3 N–H and O–H groups in total. The predicted molar refractivity (Wildman–Crippen MR) is 68.7 cm³/mol. The second-order valence-corrected chi connectivity index (χ2v) is 4.68. The maximum atomic E-state index is 13.6. The highest BCUT2D eigenvalue weighted by atomic mass is 19.1. The molecule has 4 nitrogen and oxygen atoms in total. The van der Waals surface area contributed by atoms with Crippen LogP contribution in [0.4, 0.5) is 10.1 Å². The maximum Gasteiger partial charge on any atom is 0.239 e. The van der Waals surface area contributed by atoms with Gasteiger partial charge >= 0.3 is 0 Å². The van der Waals surface area contributed by atoms with Crippen molar-refractivity contribution in [3.8, 4) is 0 Å². The van der Waals surface area contributed by atoms with E-state index in [9.17, 15) is 9.18 Å². The first-order valence-corrected chi connectivity index (χ1v) is 6.09. The number of carbonyl (C=O) groups is 1. The van der Waals surface area contributed by atoms with E-state index in [1.165, 1.54) is 6.07 Å². The highest BCUT2D eigenvalue weighted by molar-refractivity contribution is 5.81. The second kappa shape index (κ2) is 5.35. The monoisotopic (exact) mass is 251 g/mol. The highest BCUT2D eigenvalue weighted by Gasteiger charge is 2.23. The number of anilines is 1. The summed E-state index contributed by atoms with van der Waals surface area (Å²) >= 11 is 0. The number of hydrogen-bond donors (Lipinski definition) is 2. The van der Waals surface area contributed by atoms with Crippen LogP contribution in [0.15, 0.2) is 18.2 Å². The minimum Gasteiger partial charge on any atom is -0.365 e. The van der Waals surface area contributed by atoms with Gasteiger partial charge in [0.2, 0.25) is 5.91 Å². The average molecular weight is 251 g/mol. The van der Waals surface area contributed by atoms with Crippen molar-refractivity contribution in [3.63, 3.8) is 0 Å². The van der Waals surface area contributed by atoms with Gasteiger partial charge in [-0.25, -0.2) is 4.39 Å². The lowest BCUT2D eigenvalue weighted by Crippen LogP contribution is -2.36. The lowest BCUT2D eigenvalue weighted by molar-refractivity contribution is -0.119. The molecular formula is C13H18FN3O. The molecule has 1 fully saturated rings. The van der Waals surface area contributed by atoms with Crippen molar-refractivity contribution in [3.05, 3.63) is 29.6 Å². The summed E-state index contributed by atoms with van der Waals surface area (Å²) in [5.41, 5.74) is 6.56. The van der Waals surface area contributed by atoms with Crippen LogP contribution in [0.3, 0.4) is 0 Å². The number of benzene rings is 1. The first kappa shape index (κ1) is 12.8. The van der Waals surface area contributed by atoms with E-state index in [1.54, 1.807) is 24.1 Å². The summed E-state index contributed by atoms with van der Waals surface area (Å²) in [6.45, 7) is 0.413. The highest BCUT2D eigenvalue weighted by Crippen LogP contribution is 2.19. The summed E-state index contributed by atoms with van der Waals surface area (Å²) in [6.07, 6.45) is 2.13. The van der Waals surface area contributed by atoms with E-state index in [-0.39, 0.29) is 24.8 Å². The normalized spacial score (nSPS) is 14.4. The van der Waals surface area contributed by atoms with Crippen molar-refractivity contribution in [2.45, 2.75) is 25.4 Å². The molecule has 0 unspecified atom stereocenters. The van der Waals surface area contributed by atoms with E-state index in [0.717, 1.165) is 12.8 Å². The van der Waals surface area contributed by atoms with Crippen LogP contribution >= 0.6 is 0 Å². The molecule has 0 spiro atoms. The van der Waals surface area contributed by atoms with Gasteiger partial charge in [0.1, 0.15) is 5.82 Å². The van der Waals surface area contributed by atoms with Gasteiger partial charge in [-0.1, -0.05) is 6.07 Å². The van der Waals surface area contributed by atoms with E-state index < -0.39 is 0 Å². The van der Waals surface area contributed by atoms with Crippen molar-refractivity contribution in [2.24, 2.45) is 5.73 Å². The number of rotatable bonds is 5. The molecule has 0 atom stereocenters. The number of nitrogens with two attached hydrogens (primary N) is 1. The van der Waals surface area contributed by atoms with Crippen LogP contribution in [0.5, 0.6) is 0 Å². The predicted octanol–water partition coefficient (Wildman–Crippen LogP) is 0.999. The van der Waals surface area contributed by atoms with Crippen molar-refractivity contribution in [1.82, 2.24) is 5.32 Å². The third kappa shape index (κ3) is 3.20. The van der Waals surface area contributed by atoms with Gasteiger partial charge in [0.15, 0.2) is 0 Å². The largest absolute Gasteiger partial charge is 0.365 e. The average Bonchev–Trinajstić information content (AvgIpc) is 3.12. The van der Waals surface area contributed by atoms with Gasteiger partial charge in [0, 0.05) is 30.9 Å². The molecule has 1 aromatic carbocycles. The summed E-state index contributed by atoms with van der Waals surface area (Å²) in [6, 6.07) is 5.18. The van der Waals surface area contributed by atoms with Crippen molar-refractivity contribution < 1.29 is 9.18 Å². The van der Waals surface area contributed by atoms with Crippen LogP contribution in [-0.4, -0.2) is 25.5 Å². The van der Waals surface area contributed by atoms with Crippen molar-refractivity contribution >= 4 is 11.6 Å². The molecule has 1 aromatic rings. The standard InChI is InChI=1S/C13H18FN3O/c1-17(8-13(18)16-10-3-4-10)11-5-2-9(7-15)12(14)6-11/h2,5-6,10H,3-4,7-8,15H2,1H3,(H,16,18). The topological polar surface area (TPSA) is 58.4 Å². The number of amides is 1. The lowest BCUT2D eigenvalue weighted by Gasteiger charge is -2.19. The molecule has 2 rings (SSSR count). The van der Waals surface area contributed by atoms with Gasteiger partial charge in [-0.05, 0) is 25.0 Å². The Kier molecular flexibility index (Phi) is 3.81. The summed E-state index contributed by atoms with van der Waals surface area (Å²) in [5, 5.41) is 2.90. The number of nitrogens with one attached hydrogen (secondary N) is 1. The molecule has 1 aliphatic rings. The summed E-state index contributed by atoms with van der Waals surface area (Å²) in [7, 11) is 1.77. The van der Waals surface area contributed by atoms with Gasteiger partial charge in [0.25, 0.3) is 0 Å². The second-order valence-electron chi connectivity index (χ2n) is 4.68. The Morgan fingerprint density at radius 1 is 1.56 bits per heavy atom. The zero-order valence-corrected chi connectivity index (χ0v) is 10.4. The zero-order valence-electron chi connectivity index (χ0n) is 10.4. The first-order chi connectivity index (χ1) is 8.60. The fourth-order valence-electron chi connectivity index (χ4n) is 1.75. The molecule has 0 heterocycles. The van der Waals surface area contributed by atoms with Crippen LogP contribution < -0.4 is 16.0 Å². The first-order valence-electron chi connectivity index (χ1n) is 6.09. The number of nitrogens with zero attached hydrogens (tertiary/aromatic N) is 1. The summed E-state index contributed by atoms with van der Waals surface area (Å²) < 4.78 is 13.6. The van der Waals surface area contributed by atoms with E-state index in [2.05, 4.69) is 5.32 Å². The number of likely N-dealkylation sites (N-methyl/N-ethyl adjacent to an activating group) is 1. The van der Waals surface area contributed by atoms with Gasteiger partial charge in [-0.2, -0.15) is 0 Å². The number of carbonyl (C=O) groups excluding carboxylic acids is 1. The minimum atomic E-state index is -0.329. The summed E-state index contributed by atoms with van der Waals surface area (Å²) in [4.78, 5) is 13.3. The Morgan fingerprint density at radius 2 is 2.28 bits per heavy atom. The molecule has 18 heavy (non-hydrogen) atoms. The lowest BCUT2D eigenvalue weighted by atomic mass is 10.2. The third-order valence-electron chi connectivity index (χ3n) is 3.02. The van der Waals surface area contributed by atoms with E-state index in [4.69, 9.17) is 5.73 Å². The van der Waals surface area contributed by atoms with Gasteiger partial charge in [0.05, 0.1) is 6.54 Å². The van der Waals surface area contributed by atoms with Crippen LogP contribution in [0.1, 0.15) is 18.4 Å². The molecule has 0 saturated heterocycles. The smallest absolute Gasteiger partial charge is 0.239 e. The molecule has 0 aliphatic heterocycles. The molecule has 0 radical (unpaired) electrons. The fraction of sp³-hybridized carbons (Fsp3) is 0.462. The van der Waals surface area contributed by atoms with Crippen LogP contribution in [0.2, 0.25) is 0 Å². The van der Waals surface area contributed by atoms with Crippen molar-refractivity contribution in [2.75, 3.05) is 18.5 Å². The Morgan fingerprint density at radius 3 is 2.83 bits per heavy atom. The molecular weight excluding hydrogens is 233 g/mol. The van der Waals surface area contributed by atoms with Gasteiger partial charge in [-0.15, -0.1) is 0 Å². The Balaban J connectivity index is 1.96. The maximum absolute atomic E-state index is 13.6. The van der Waals surface area contributed by atoms with E-state index in [0.29, 0.717) is 17.3 Å². The Hall–Kier alpha value is -1.62. The van der Waals surface area contributed by atoms with Crippen LogP contribution in [0, 0.1) is 5.82 Å². The molecule has 0 bridgehead atoms. The molecule has 5 heteroatoms. The van der Waals surface area contributed by atoms with Crippen molar-refractivity contribution in [1.29, 1.82) is 0 Å². The Bertz CT molecular complexity index is 446. The number of hydrogen-bond acceptors (Lipinski definition) is 3. The fourth-order valence-corrected chi connectivity index (χ4v) is 1.75. The van der Waals surface area contributed by atoms with Crippen LogP contribution in [0.25, 0.3) is 0 Å². The molecule has 1 saturated carbocycles. The quantitative estimate of drug-likeness (QED) is 0.820. The van der Waals surface area contributed by atoms with E-state index >= 15 is 0 Å².